The zero-order valence-electron chi connectivity index (χ0n) is 7.53. The Balaban J connectivity index is 2.38. The van der Waals surface area contributed by atoms with Crippen molar-refractivity contribution < 1.29 is 0 Å². The molecule has 0 saturated heterocycles. The van der Waals surface area contributed by atoms with E-state index in [-0.39, 0.29) is 0 Å². The smallest absolute Gasteiger partial charge is 0.00175 e. The number of hydrogen-bond donors (Lipinski definition) is 1. The summed E-state index contributed by atoms with van der Waals surface area (Å²) in [6.45, 7) is 7.06. The Bertz CT molecular complexity index is 139. The largest absolute Gasteiger partial charge is 0.330 e. The van der Waals surface area contributed by atoms with Gasteiger partial charge in [-0.1, -0.05) is 25.5 Å². The van der Waals surface area contributed by atoms with Gasteiger partial charge in [-0.05, 0) is 37.6 Å². The van der Waals surface area contributed by atoms with Gasteiger partial charge in [0.25, 0.3) is 0 Å². The molecule has 0 aromatic heterocycles. The molecular weight excluding hydrogens is 134 g/mol. The van der Waals surface area contributed by atoms with Gasteiger partial charge < -0.3 is 5.73 Å². The average Bonchev–Trinajstić information content (AvgIpc) is 1.96. The lowest BCUT2D eigenvalue weighted by Gasteiger charge is -2.41. The highest BCUT2D eigenvalue weighted by Crippen LogP contribution is 2.44. The zero-order chi connectivity index (χ0) is 8.32. The number of rotatable bonds is 4. The van der Waals surface area contributed by atoms with Crippen molar-refractivity contribution in [1.29, 1.82) is 0 Å². The summed E-state index contributed by atoms with van der Waals surface area (Å²) in [5.41, 5.74) is 7.57. The summed E-state index contributed by atoms with van der Waals surface area (Å²) in [4.78, 5) is 0. The number of allylic oxidation sites excluding steroid dienone is 1. The van der Waals surface area contributed by atoms with Crippen LogP contribution in [0, 0.1) is 5.41 Å². The molecule has 0 bridgehead atoms. The highest BCUT2D eigenvalue weighted by molar-refractivity contribution is 5.03. The van der Waals surface area contributed by atoms with Crippen molar-refractivity contribution in [1.82, 2.24) is 0 Å². The molecule has 0 heterocycles. The molecule has 64 valence electrons. The molecule has 1 fully saturated rings. The predicted molar refractivity (Wildman–Crippen MR) is 49.4 cm³/mol. The molecule has 0 unspecified atom stereocenters. The molecule has 1 aliphatic rings. The number of hydrogen-bond acceptors (Lipinski definition) is 1. The van der Waals surface area contributed by atoms with Gasteiger partial charge in [-0.15, -0.1) is 0 Å². The normalized spacial score (nSPS) is 20.9. The molecule has 0 aromatic carbocycles. The molecule has 0 aliphatic heterocycles. The van der Waals surface area contributed by atoms with E-state index in [0.717, 1.165) is 13.0 Å². The Labute approximate surface area is 69.7 Å². The molecule has 2 N–H and O–H groups in total. The molecule has 0 amide bonds. The van der Waals surface area contributed by atoms with Gasteiger partial charge in [0.15, 0.2) is 0 Å². The van der Waals surface area contributed by atoms with Crippen LogP contribution in [0.1, 0.15) is 39.0 Å². The van der Waals surface area contributed by atoms with Crippen molar-refractivity contribution in [2.45, 2.75) is 39.0 Å². The minimum Gasteiger partial charge on any atom is -0.330 e. The molecule has 0 spiro atoms. The van der Waals surface area contributed by atoms with E-state index in [4.69, 9.17) is 5.73 Å². The van der Waals surface area contributed by atoms with Gasteiger partial charge in [-0.3, -0.25) is 0 Å². The molecular formula is C10H19N. The second-order valence-electron chi connectivity index (χ2n) is 3.84. The van der Waals surface area contributed by atoms with E-state index in [9.17, 15) is 0 Å². The van der Waals surface area contributed by atoms with Gasteiger partial charge >= 0.3 is 0 Å². The fourth-order valence-corrected chi connectivity index (χ4v) is 1.79. The van der Waals surface area contributed by atoms with Crippen LogP contribution in [0.5, 0.6) is 0 Å². The first kappa shape index (κ1) is 8.79. The monoisotopic (exact) mass is 153 g/mol. The SMILES string of the molecule is C=C(CC)CC1(CN)CCC1. The van der Waals surface area contributed by atoms with Crippen molar-refractivity contribution in [3.8, 4) is 0 Å². The van der Waals surface area contributed by atoms with Crippen LogP contribution in [0.4, 0.5) is 0 Å². The Morgan fingerprint density at radius 1 is 1.55 bits per heavy atom. The van der Waals surface area contributed by atoms with Crippen LogP contribution in [0.3, 0.4) is 0 Å². The molecule has 0 aromatic rings. The second-order valence-corrected chi connectivity index (χ2v) is 3.84. The standard InChI is InChI=1S/C10H19N/c1-3-9(2)7-10(8-11)5-4-6-10/h2-8,11H2,1H3. The van der Waals surface area contributed by atoms with Crippen LogP contribution in [-0.2, 0) is 0 Å². The highest BCUT2D eigenvalue weighted by atomic mass is 14.6. The first-order valence-corrected chi connectivity index (χ1v) is 4.59. The van der Waals surface area contributed by atoms with E-state index in [0.29, 0.717) is 5.41 Å². The van der Waals surface area contributed by atoms with Gasteiger partial charge in [-0.2, -0.15) is 0 Å². The van der Waals surface area contributed by atoms with E-state index in [2.05, 4.69) is 13.5 Å². The molecule has 0 radical (unpaired) electrons. The van der Waals surface area contributed by atoms with Gasteiger partial charge in [0.2, 0.25) is 0 Å². The third-order valence-corrected chi connectivity index (χ3v) is 2.97. The van der Waals surface area contributed by atoms with Crippen LogP contribution in [0.2, 0.25) is 0 Å². The third kappa shape index (κ3) is 1.84. The van der Waals surface area contributed by atoms with E-state index in [1.165, 1.54) is 31.3 Å². The third-order valence-electron chi connectivity index (χ3n) is 2.97. The van der Waals surface area contributed by atoms with Crippen molar-refractivity contribution in [2.24, 2.45) is 11.1 Å². The summed E-state index contributed by atoms with van der Waals surface area (Å²) in [7, 11) is 0. The molecule has 11 heavy (non-hydrogen) atoms. The van der Waals surface area contributed by atoms with E-state index in [1.54, 1.807) is 0 Å². The summed E-state index contributed by atoms with van der Waals surface area (Å²) < 4.78 is 0. The van der Waals surface area contributed by atoms with Crippen LogP contribution >= 0.6 is 0 Å². The van der Waals surface area contributed by atoms with E-state index >= 15 is 0 Å². The maximum atomic E-state index is 5.73. The maximum absolute atomic E-state index is 5.73. The van der Waals surface area contributed by atoms with Gasteiger partial charge in [0.05, 0.1) is 0 Å². The molecule has 1 rings (SSSR count). The minimum absolute atomic E-state index is 0.465. The summed E-state index contributed by atoms with van der Waals surface area (Å²) in [5.74, 6) is 0. The maximum Gasteiger partial charge on any atom is -0.00175 e. The molecule has 1 nitrogen and oxygen atoms in total. The molecule has 0 atom stereocenters. The first-order valence-electron chi connectivity index (χ1n) is 4.59. The van der Waals surface area contributed by atoms with Crippen molar-refractivity contribution in [3.63, 3.8) is 0 Å². The quantitative estimate of drug-likeness (QED) is 0.617. The lowest BCUT2D eigenvalue weighted by molar-refractivity contribution is 0.144. The average molecular weight is 153 g/mol. The fourth-order valence-electron chi connectivity index (χ4n) is 1.79. The molecule has 1 aliphatic carbocycles. The summed E-state index contributed by atoms with van der Waals surface area (Å²) in [5, 5.41) is 0. The summed E-state index contributed by atoms with van der Waals surface area (Å²) in [6, 6.07) is 0. The van der Waals surface area contributed by atoms with Crippen LogP contribution in [-0.4, -0.2) is 6.54 Å². The van der Waals surface area contributed by atoms with E-state index < -0.39 is 0 Å². The lowest BCUT2D eigenvalue weighted by Crippen LogP contribution is -2.37. The Hall–Kier alpha value is -0.300. The summed E-state index contributed by atoms with van der Waals surface area (Å²) >= 11 is 0. The van der Waals surface area contributed by atoms with Crippen LogP contribution < -0.4 is 5.73 Å². The first-order chi connectivity index (χ1) is 5.22. The topological polar surface area (TPSA) is 26.0 Å². The van der Waals surface area contributed by atoms with Crippen molar-refractivity contribution in [2.75, 3.05) is 6.54 Å². The van der Waals surface area contributed by atoms with Crippen molar-refractivity contribution in [3.05, 3.63) is 12.2 Å². The highest BCUT2D eigenvalue weighted by Gasteiger charge is 2.35. The van der Waals surface area contributed by atoms with Crippen LogP contribution in [0.15, 0.2) is 12.2 Å². The lowest BCUT2D eigenvalue weighted by atomic mass is 9.65. The molecule has 1 heteroatoms. The Morgan fingerprint density at radius 2 is 2.18 bits per heavy atom. The zero-order valence-corrected chi connectivity index (χ0v) is 7.53. The minimum atomic E-state index is 0.465. The summed E-state index contributed by atoms with van der Waals surface area (Å²) in [6.07, 6.45) is 6.29. The van der Waals surface area contributed by atoms with E-state index in [1.807, 2.05) is 0 Å². The predicted octanol–water partition coefficient (Wildman–Crippen LogP) is 2.47. The van der Waals surface area contributed by atoms with Gasteiger partial charge in [0.1, 0.15) is 0 Å². The number of nitrogens with two attached hydrogens (primary N) is 1. The van der Waals surface area contributed by atoms with Crippen molar-refractivity contribution >= 4 is 0 Å². The van der Waals surface area contributed by atoms with Gasteiger partial charge in [0, 0.05) is 0 Å². The second kappa shape index (κ2) is 3.40. The Kier molecular flexibility index (Phi) is 2.72. The van der Waals surface area contributed by atoms with Gasteiger partial charge in [-0.25, -0.2) is 0 Å². The molecule has 1 saturated carbocycles. The van der Waals surface area contributed by atoms with Crippen LogP contribution in [0.25, 0.3) is 0 Å². The Morgan fingerprint density at radius 3 is 2.45 bits per heavy atom. The fraction of sp³-hybridized carbons (Fsp3) is 0.800.